The van der Waals surface area contributed by atoms with Gasteiger partial charge in [-0.25, -0.2) is 8.42 Å². The molecule has 0 atom stereocenters. The Labute approximate surface area is 187 Å². The molecule has 0 aliphatic carbocycles. The minimum absolute atomic E-state index is 0.0372. The van der Waals surface area contributed by atoms with Crippen molar-refractivity contribution in [1.82, 2.24) is 0 Å². The molecule has 2 aromatic rings. The van der Waals surface area contributed by atoms with E-state index in [9.17, 15) is 8.42 Å². The monoisotopic (exact) mass is 428 g/mol. The Morgan fingerprint density at radius 3 is 1.71 bits per heavy atom. The van der Waals surface area contributed by atoms with Crippen LogP contribution >= 0.6 is 0 Å². The van der Waals surface area contributed by atoms with E-state index >= 15 is 0 Å². The molecule has 0 N–H and O–H groups in total. The zero-order valence-corrected chi connectivity index (χ0v) is 19.8. The number of hydrogen-bond donors (Lipinski definition) is 0. The van der Waals surface area contributed by atoms with Crippen LogP contribution in [0, 0.1) is 46.4 Å². The lowest BCUT2D eigenvalue weighted by Gasteiger charge is -2.11. The lowest BCUT2D eigenvalue weighted by Crippen LogP contribution is -2.07. The third kappa shape index (κ3) is 7.53. The molecule has 0 fully saturated rings. The van der Waals surface area contributed by atoms with Crippen molar-refractivity contribution < 1.29 is 8.42 Å². The summed E-state index contributed by atoms with van der Waals surface area (Å²) in [6, 6.07) is 17.6. The van der Waals surface area contributed by atoms with Crippen LogP contribution in [0.15, 0.2) is 70.5 Å². The van der Waals surface area contributed by atoms with Gasteiger partial charge in [-0.2, -0.15) is 0 Å². The number of rotatable bonds is 3. The van der Waals surface area contributed by atoms with E-state index in [4.69, 9.17) is 0 Å². The molecular formula is C28H28O2S. The van der Waals surface area contributed by atoms with Crippen LogP contribution in [0.2, 0.25) is 0 Å². The predicted octanol–water partition coefficient (Wildman–Crippen LogP) is 5.97. The SMILES string of the molecule is CC(C)(C)C#CC#C/C(=C(/C#CC(C)(C)C)c1ccccc1)S(=O)(=O)c1ccccc1. The molecule has 0 spiro atoms. The quantitative estimate of drug-likeness (QED) is 0.564. The van der Waals surface area contributed by atoms with Crippen LogP contribution in [-0.2, 0) is 9.84 Å². The van der Waals surface area contributed by atoms with Gasteiger partial charge in [-0.1, -0.05) is 66.3 Å². The molecule has 0 aromatic heterocycles. The highest BCUT2D eigenvalue weighted by Crippen LogP contribution is 2.27. The van der Waals surface area contributed by atoms with Crippen LogP contribution in [0.4, 0.5) is 0 Å². The van der Waals surface area contributed by atoms with Crippen molar-refractivity contribution in [2.75, 3.05) is 0 Å². The molecule has 158 valence electrons. The lowest BCUT2D eigenvalue weighted by molar-refractivity contribution is 0.571. The Bertz CT molecular complexity index is 1230. The smallest absolute Gasteiger partial charge is 0.215 e. The topological polar surface area (TPSA) is 34.1 Å². The van der Waals surface area contributed by atoms with Crippen molar-refractivity contribution in [2.24, 2.45) is 10.8 Å². The highest BCUT2D eigenvalue weighted by Gasteiger charge is 2.24. The first-order valence-electron chi connectivity index (χ1n) is 10.1. The van der Waals surface area contributed by atoms with E-state index in [-0.39, 0.29) is 20.6 Å². The largest absolute Gasteiger partial charge is 0.218 e. The molecule has 0 aliphatic heterocycles. The van der Waals surface area contributed by atoms with Gasteiger partial charge in [-0.3, -0.25) is 0 Å². The lowest BCUT2D eigenvalue weighted by atomic mass is 9.96. The molecule has 0 amide bonds. The highest BCUT2D eigenvalue weighted by atomic mass is 32.2. The molecule has 0 saturated heterocycles. The van der Waals surface area contributed by atoms with Gasteiger partial charge in [-0.15, -0.1) is 0 Å². The van der Waals surface area contributed by atoms with E-state index < -0.39 is 9.84 Å². The normalized spacial score (nSPS) is 12.2. The van der Waals surface area contributed by atoms with E-state index in [1.165, 1.54) is 0 Å². The first-order chi connectivity index (χ1) is 14.4. The first kappa shape index (κ1) is 24.1. The fourth-order valence-corrected chi connectivity index (χ4v) is 3.78. The standard InChI is InChI=1S/C28H28O2S/c1-27(2,3)21-14-13-19-26(31(29,30)24-17-11-8-12-18-24)25(20-22-28(4,5)6)23-15-9-7-10-16-23/h7-12,15-18H,1-6H3/b26-25+. The molecule has 2 aromatic carbocycles. The van der Waals surface area contributed by atoms with Gasteiger partial charge in [0.05, 0.1) is 10.5 Å². The maximum Gasteiger partial charge on any atom is 0.215 e. The fourth-order valence-electron chi connectivity index (χ4n) is 2.40. The third-order valence-electron chi connectivity index (χ3n) is 3.85. The van der Waals surface area contributed by atoms with E-state index in [0.717, 1.165) is 0 Å². The van der Waals surface area contributed by atoms with E-state index in [0.29, 0.717) is 11.1 Å². The van der Waals surface area contributed by atoms with E-state index in [1.807, 2.05) is 71.9 Å². The second-order valence-electron chi connectivity index (χ2n) is 9.14. The molecule has 31 heavy (non-hydrogen) atoms. The van der Waals surface area contributed by atoms with Crippen LogP contribution in [-0.4, -0.2) is 8.42 Å². The second kappa shape index (κ2) is 9.75. The molecule has 0 bridgehead atoms. The molecule has 0 unspecified atom stereocenters. The average Bonchev–Trinajstić information content (AvgIpc) is 2.69. The Kier molecular flexibility index (Phi) is 7.57. The van der Waals surface area contributed by atoms with Gasteiger partial charge in [0.1, 0.15) is 4.91 Å². The Morgan fingerprint density at radius 1 is 0.677 bits per heavy atom. The van der Waals surface area contributed by atoms with Gasteiger partial charge in [0.2, 0.25) is 9.84 Å². The summed E-state index contributed by atoms with van der Waals surface area (Å²) in [7, 11) is -3.90. The van der Waals surface area contributed by atoms with Crippen LogP contribution in [0.5, 0.6) is 0 Å². The van der Waals surface area contributed by atoms with Gasteiger partial charge in [0.15, 0.2) is 0 Å². The summed E-state index contributed by atoms with van der Waals surface area (Å²) in [5, 5.41) is 0. The zero-order chi connectivity index (χ0) is 23.1. The van der Waals surface area contributed by atoms with Crippen molar-refractivity contribution >= 4 is 15.4 Å². The molecule has 3 heteroatoms. The first-order valence-corrected chi connectivity index (χ1v) is 11.5. The summed E-state index contributed by atoms with van der Waals surface area (Å²) in [6.45, 7) is 11.9. The van der Waals surface area contributed by atoms with Crippen LogP contribution < -0.4 is 0 Å². The predicted molar refractivity (Wildman–Crippen MR) is 129 cm³/mol. The summed E-state index contributed by atoms with van der Waals surface area (Å²) in [5.41, 5.74) is 0.544. The second-order valence-corrected chi connectivity index (χ2v) is 11.0. The number of benzene rings is 2. The highest BCUT2D eigenvalue weighted by molar-refractivity contribution is 7.95. The van der Waals surface area contributed by atoms with E-state index in [1.54, 1.807) is 30.3 Å². The molecule has 0 aliphatic rings. The third-order valence-corrected chi connectivity index (χ3v) is 5.59. The van der Waals surface area contributed by atoms with Crippen molar-refractivity contribution in [2.45, 2.75) is 46.4 Å². The summed E-state index contributed by atoms with van der Waals surface area (Å²) in [6.07, 6.45) is 0. The number of sulfone groups is 1. The Balaban J connectivity index is 2.89. The molecule has 0 saturated carbocycles. The molecule has 2 rings (SSSR count). The Hall–Kier alpha value is -3.19. The van der Waals surface area contributed by atoms with Crippen molar-refractivity contribution in [1.29, 1.82) is 0 Å². The van der Waals surface area contributed by atoms with Gasteiger partial charge in [0.25, 0.3) is 0 Å². The number of allylic oxidation sites excluding steroid dienone is 2. The summed E-state index contributed by atoms with van der Waals surface area (Å²) < 4.78 is 27.2. The zero-order valence-electron chi connectivity index (χ0n) is 19.0. The molecule has 0 heterocycles. The summed E-state index contributed by atoms with van der Waals surface area (Å²) >= 11 is 0. The molecule has 0 radical (unpaired) electrons. The molecule has 2 nitrogen and oxygen atoms in total. The average molecular weight is 429 g/mol. The minimum atomic E-state index is -3.90. The van der Waals surface area contributed by atoms with Crippen LogP contribution in [0.25, 0.3) is 5.57 Å². The molecular weight excluding hydrogens is 400 g/mol. The fraction of sp³-hybridized carbons (Fsp3) is 0.286. The maximum atomic E-state index is 13.6. The van der Waals surface area contributed by atoms with Crippen LogP contribution in [0.1, 0.15) is 47.1 Å². The summed E-state index contributed by atoms with van der Waals surface area (Å²) in [5.74, 6) is 17.7. The van der Waals surface area contributed by atoms with Crippen molar-refractivity contribution in [3.8, 4) is 35.5 Å². The summed E-state index contributed by atoms with van der Waals surface area (Å²) in [4.78, 5) is 0.138. The van der Waals surface area contributed by atoms with Crippen molar-refractivity contribution in [3.63, 3.8) is 0 Å². The van der Waals surface area contributed by atoms with Gasteiger partial charge in [-0.05, 0) is 77.0 Å². The minimum Gasteiger partial charge on any atom is -0.218 e. The van der Waals surface area contributed by atoms with Crippen LogP contribution in [0.3, 0.4) is 0 Å². The van der Waals surface area contributed by atoms with Gasteiger partial charge in [0, 0.05) is 10.8 Å². The van der Waals surface area contributed by atoms with Gasteiger partial charge < -0.3 is 0 Å². The van der Waals surface area contributed by atoms with Gasteiger partial charge >= 0.3 is 0 Å². The maximum absolute atomic E-state index is 13.6. The van der Waals surface area contributed by atoms with Crippen molar-refractivity contribution in [3.05, 3.63) is 71.1 Å². The Morgan fingerprint density at radius 2 is 1.19 bits per heavy atom. The van der Waals surface area contributed by atoms with E-state index in [2.05, 4.69) is 35.5 Å². The number of hydrogen-bond acceptors (Lipinski definition) is 2.